The van der Waals surface area contributed by atoms with Crippen LogP contribution in [0.4, 0.5) is 0 Å². The Kier molecular flexibility index (Phi) is 3.86. The number of hydrogen-bond acceptors (Lipinski definition) is 2. The predicted octanol–water partition coefficient (Wildman–Crippen LogP) is 3.07. The van der Waals surface area contributed by atoms with E-state index in [1.54, 1.807) is 0 Å². The molecule has 0 aliphatic heterocycles. The van der Waals surface area contributed by atoms with Crippen LogP contribution >= 0.6 is 0 Å². The summed E-state index contributed by atoms with van der Waals surface area (Å²) in [6, 6.07) is 20.0. The fourth-order valence-corrected chi connectivity index (χ4v) is 3.30. The van der Waals surface area contributed by atoms with Crippen LogP contribution in [0, 0.1) is 0 Å². The lowest BCUT2D eigenvalue weighted by atomic mass is 9.72. The van der Waals surface area contributed by atoms with Gasteiger partial charge in [0.2, 0.25) is 0 Å². The third kappa shape index (κ3) is 2.49. The molecule has 3 rings (SSSR count). The molecule has 104 valence electrons. The topological polar surface area (TPSA) is 40.5 Å². The average Bonchev–Trinajstić information content (AvgIpc) is 2.52. The Bertz CT molecular complexity index is 486. The highest BCUT2D eigenvalue weighted by atomic mass is 16.3. The van der Waals surface area contributed by atoms with Crippen LogP contribution in [0.25, 0.3) is 0 Å². The van der Waals surface area contributed by atoms with Crippen molar-refractivity contribution in [2.75, 3.05) is 0 Å². The van der Waals surface area contributed by atoms with Crippen molar-refractivity contribution in [3.8, 4) is 0 Å². The Morgan fingerprint density at radius 2 is 0.950 bits per heavy atom. The van der Waals surface area contributed by atoms with E-state index in [0.717, 1.165) is 24.0 Å². The summed E-state index contributed by atoms with van der Waals surface area (Å²) in [6.45, 7) is 0. The van der Waals surface area contributed by atoms with Crippen LogP contribution in [0.2, 0.25) is 0 Å². The fraction of sp³-hybridized carbons (Fsp3) is 0.333. The van der Waals surface area contributed by atoms with Gasteiger partial charge in [-0.1, -0.05) is 60.7 Å². The molecular formula is C18H20O2. The first kappa shape index (κ1) is 13.3. The molecule has 2 heteroatoms. The molecule has 0 bridgehead atoms. The van der Waals surface area contributed by atoms with E-state index in [-0.39, 0.29) is 11.8 Å². The summed E-state index contributed by atoms with van der Waals surface area (Å²) in [5, 5.41) is 20.9. The molecule has 20 heavy (non-hydrogen) atoms. The first-order valence-electron chi connectivity index (χ1n) is 7.23. The summed E-state index contributed by atoms with van der Waals surface area (Å²) >= 11 is 0. The maximum Gasteiger partial charge on any atom is 0.0873 e. The molecule has 2 N–H and O–H groups in total. The summed E-state index contributed by atoms with van der Waals surface area (Å²) in [4.78, 5) is 0. The van der Waals surface area contributed by atoms with Crippen LogP contribution in [0.3, 0.4) is 0 Å². The molecule has 2 aromatic carbocycles. The molecule has 4 unspecified atom stereocenters. The van der Waals surface area contributed by atoms with E-state index >= 15 is 0 Å². The molecule has 0 amide bonds. The van der Waals surface area contributed by atoms with Gasteiger partial charge in [-0.25, -0.2) is 0 Å². The quantitative estimate of drug-likeness (QED) is 0.878. The molecule has 1 fully saturated rings. The minimum Gasteiger partial charge on any atom is -0.390 e. The Morgan fingerprint density at radius 1 is 0.600 bits per heavy atom. The second-order valence-electron chi connectivity index (χ2n) is 5.59. The zero-order valence-electron chi connectivity index (χ0n) is 11.4. The highest BCUT2D eigenvalue weighted by Crippen LogP contribution is 2.40. The molecule has 0 aromatic heterocycles. The predicted molar refractivity (Wildman–Crippen MR) is 79.6 cm³/mol. The summed E-state index contributed by atoms with van der Waals surface area (Å²) in [5.41, 5.74) is 2.23. The van der Waals surface area contributed by atoms with Crippen molar-refractivity contribution in [1.82, 2.24) is 0 Å². The lowest BCUT2D eigenvalue weighted by molar-refractivity contribution is -0.0361. The van der Waals surface area contributed by atoms with Crippen molar-refractivity contribution in [1.29, 1.82) is 0 Å². The second kappa shape index (κ2) is 5.78. The summed E-state index contributed by atoms with van der Waals surface area (Å²) in [5.74, 6) is 0.0670. The molecule has 4 atom stereocenters. The van der Waals surface area contributed by atoms with Crippen molar-refractivity contribution in [3.63, 3.8) is 0 Å². The highest BCUT2D eigenvalue weighted by Gasteiger charge is 2.38. The van der Waals surface area contributed by atoms with Crippen molar-refractivity contribution in [2.45, 2.75) is 36.9 Å². The van der Waals surface area contributed by atoms with Crippen LogP contribution in [0.5, 0.6) is 0 Å². The van der Waals surface area contributed by atoms with E-state index in [1.807, 2.05) is 60.7 Å². The van der Waals surface area contributed by atoms with E-state index in [9.17, 15) is 10.2 Å². The zero-order valence-corrected chi connectivity index (χ0v) is 11.4. The molecule has 0 saturated heterocycles. The van der Waals surface area contributed by atoms with Gasteiger partial charge in [0.1, 0.15) is 0 Å². The standard InChI is InChI=1S/C18H20O2/c19-17-15(13-7-3-1-4-8-13)11-12-16(18(17)20)14-9-5-2-6-10-14/h1-10,15-20H,11-12H2. The van der Waals surface area contributed by atoms with Crippen molar-refractivity contribution >= 4 is 0 Å². The number of aliphatic hydroxyl groups excluding tert-OH is 2. The van der Waals surface area contributed by atoms with Gasteiger partial charge in [-0.15, -0.1) is 0 Å². The molecule has 2 aromatic rings. The van der Waals surface area contributed by atoms with Gasteiger partial charge in [0.15, 0.2) is 0 Å². The molecule has 2 nitrogen and oxygen atoms in total. The summed E-state index contributed by atoms with van der Waals surface area (Å²) in [6.07, 6.45) is 0.413. The van der Waals surface area contributed by atoms with Crippen molar-refractivity contribution < 1.29 is 10.2 Å². The lowest BCUT2D eigenvalue weighted by Crippen LogP contribution is -2.41. The largest absolute Gasteiger partial charge is 0.390 e. The van der Waals surface area contributed by atoms with E-state index in [0.29, 0.717) is 0 Å². The van der Waals surface area contributed by atoms with Gasteiger partial charge in [-0.2, -0.15) is 0 Å². The molecule has 1 saturated carbocycles. The van der Waals surface area contributed by atoms with Crippen LogP contribution in [-0.2, 0) is 0 Å². The Hall–Kier alpha value is -1.64. The van der Waals surface area contributed by atoms with Gasteiger partial charge in [0, 0.05) is 11.8 Å². The normalized spacial score (nSPS) is 30.1. The fourth-order valence-electron chi connectivity index (χ4n) is 3.30. The monoisotopic (exact) mass is 268 g/mol. The highest BCUT2D eigenvalue weighted by molar-refractivity contribution is 5.27. The molecular weight excluding hydrogens is 248 g/mol. The zero-order chi connectivity index (χ0) is 13.9. The number of rotatable bonds is 2. The van der Waals surface area contributed by atoms with Crippen molar-refractivity contribution in [3.05, 3.63) is 71.8 Å². The minimum absolute atomic E-state index is 0.0335. The maximum absolute atomic E-state index is 10.5. The van der Waals surface area contributed by atoms with E-state index in [1.165, 1.54) is 0 Å². The Labute approximate surface area is 119 Å². The molecule has 0 spiro atoms. The first-order valence-corrected chi connectivity index (χ1v) is 7.23. The van der Waals surface area contributed by atoms with Gasteiger partial charge in [-0.3, -0.25) is 0 Å². The van der Waals surface area contributed by atoms with Crippen LogP contribution in [-0.4, -0.2) is 22.4 Å². The lowest BCUT2D eigenvalue weighted by Gasteiger charge is -2.38. The third-order valence-electron chi connectivity index (χ3n) is 4.42. The minimum atomic E-state index is -0.698. The van der Waals surface area contributed by atoms with Gasteiger partial charge in [-0.05, 0) is 24.0 Å². The molecule has 0 radical (unpaired) electrons. The van der Waals surface area contributed by atoms with Crippen LogP contribution in [0.15, 0.2) is 60.7 Å². The smallest absolute Gasteiger partial charge is 0.0873 e. The van der Waals surface area contributed by atoms with Gasteiger partial charge in [0.25, 0.3) is 0 Å². The van der Waals surface area contributed by atoms with E-state index in [4.69, 9.17) is 0 Å². The summed E-state index contributed by atoms with van der Waals surface area (Å²) < 4.78 is 0. The molecule has 1 aliphatic carbocycles. The first-order chi connectivity index (χ1) is 9.77. The number of hydrogen-bond donors (Lipinski definition) is 2. The Balaban J connectivity index is 1.81. The third-order valence-corrected chi connectivity index (χ3v) is 4.42. The molecule has 0 heterocycles. The molecule has 1 aliphatic rings. The van der Waals surface area contributed by atoms with Gasteiger partial charge in [0.05, 0.1) is 12.2 Å². The van der Waals surface area contributed by atoms with Crippen molar-refractivity contribution in [2.24, 2.45) is 0 Å². The number of benzene rings is 2. The van der Waals surface area contributed by atoms with Gasteiger partial charge >= 0.3 is 0 Å². The second-order valence-corrected chi connectivity index (χ2v) is 5.59. The SMILES string of the molecule is OC1C(c2ccccc2)CCC(c2ccccc2)C1O. The van der Waals surface area contributed by atoms with E-state index in [2.05, 4.69) is 0 Å². The average molecular weight is 268 g/mol. The maximum atomic E-state index is 10.5. The summed E-state index contributed by atoms with van der Waals surface area (Å²) in [7, 11) is 0. The van der Waals surface area contributed by atoms with E-state index < -0.39 is 12.2 Å². The van der Waals surface area contributed by atoms with Crippen LogP contribution in [0.1, 0.15) is 35.8 Å². The van der Waals surface area contributed by atoms with Gasteiger partial charge < -0.3 is 10.2 Å². The van der Waals surface area contributed by atoms with Crippen LogP contribution < -0.4 is 0 Å². The Morgan fingerprint density at radius 3 is 1.30 bits per heavy atom. The number of aliphatic hydroxyl groups is 2.